The highest BCUT2D eigenvalue weighted by Gasteiger charge is 2.14. The SMILES string of the molecule is CCOC(=O)CC(=O)Nc1cc(NC(=O)/C=C/c2c(OC)cc(OC)cc2OC)ccc1OC. The maximum atomic E-state index is 12.5. The lowest BCUT2D eigenvalue weighted by molar-refractivity contribution is -0.145. The van der Waals surface area contributed by atoms with Gasteiger partial charge in [-0.25, -0.2) is 0 Å². The molecule has 0 aliphatic rings. The molecule has 182 valence electrons. The van der Waals surface area contributed by atoms with Crippen molar-refractivity contribution in [1.29, 1.82) is 0 Å². The minimum atomic E-state index is -0.641. The Morgan fingerprint density at radius 2 is 1.50 bits per heavy atom. The molecule has 0 heterocycles. The quantitative estimate of drug-likeness (QED) is 0.290. The number of rotatable bonds is 11. The highest BCUT2D eigenvalue weighted by atomic mass is 16.5. The number of ether oxygens (including phenoxy) is 5. The van der Waals surface area contributed by atoms with Crippen LogP contribution in [-0.2, 0) is 19.1 Å². The van der Waals surface area contributed by atoms with E-state index in [1.165, 1.54) is 40.6 Å². The minimum absolute atomic E-state index is 0.179. The van der Waals surface area contributed by atoms with Crippen LogP contribution in [-0.4, -0.2) is 52.8 Å². The summed E-state index contributed by atoms with van der Waals surface area (Å²) in [6, 6.07) is 8.06. The number of amides is 2. The zero-order valence-electron chi connectivity index (χ0n) is 19.7. The fraction of sp³-hybridized carbons (Fsp3) is 0.292. The normalized spacial score (nSPS) is 10.4. The van der Waals surface area contributed by atoms with E-state index >= 15 is 0 Å². The van der Waals surface area contributed by atoms with E-state index < -0.39 is 24.2 Å². The number of nitrogens with one attached hydrogen (secondary N) is 2. The number of anilines is 2. The minimum Gasteiger partial charge on any atom is -0.496 e. The van der Waals surface area contributed by atoms with Gasteiger partial charge in [-0.15, -0.1) is 0 Å². The lowest BCUT2D eigenvalue weighted by atomic mass is 10.1. The van der Waals surface area contributed by atoms with E-state index in [4.69, 9.17) is 23.7 Å². The maximum absolute atomic E-state index is 12.5. The van der Waals surface area contributed by atoms with Crippen LogP contribution in [0.1, 0.15) is 18.9 Å². The van der Waals surface area contributed by atoms with Crippen LogP contribution in [0.15, 0.2) is 36.4 Å². The number of esters is 1. The summed E-state index contributed by atoms with van der Waals surface area (Å²) in [4.78, 5) is 36.2. The Morgan fingerprint density at radius 1 is 0.853 bits per heavy atom. The van der Waals surface area contributed by atoms with Gasteiger partial charge >= 0.3 is 5.97 Å². The first-order chi connectivity index (χ1) is 16.3. The molecule has 10 heteroatoms. The highest BCUT2D eigenvalue weighted by molar-refractivity contribution is 6.05. The van der Waals surface area contributed by atoms with Crippen molar-refractivity contribution in [2.24, 2.45) is 0 Å². The molecule has 0 fully saturated rings. The molecule has 0 unspecified atom stereocenters. The summed E-state index contributed by atoms with van der Waals surface area (Å²) in [5, 5.41) is 5.29. The topological polar surface area (TPSA) is 121 Å². The average molecular weight is 472 g/mol. The average Bonchev–Trinajstić information content (AvgIpc) is 2.82. The molecule has 0 aliphatic carbocycles. The van der Waals surface area contributed by atoms with Crippen LogP contribution in [0, 0.1) is 0 Å². The second-order valence-electron chi connectivity index (χ2n) is 6.71. The molecule has 0 atom stereocenters. The third-order valence-corrected chi connectivity index (χ3v) is 4.51. The number of hydrogen-bond acceptors (Lipinski definition) is 8. The molecule has 0 saturated heterocycles. The number of methoxy groups -OCH3 is 4. The summed E-state index contributed by atoms with van der Waals surface area (Å²) in [5.74, 6) is 0.197. The molecule has 34 heavy (non-hydrogen) atoms. The van der Waals surface area contributed by atoms with Crippen LogP contribution >= 0.6 is 0 Å². The third kappa shape index (κ3) is 7.16. The van der Waals surface area contributed by atoms with E-state index in [2.05, 4.69) is 10.6 Å². The molecule has 2 amide bonds. The van der Waals surface area contributed by atoms with Gasteiger partial charge in [-0.2, -0.15) is 0 Å². The van der Waals surface area contributed by atoms with Crippen molar-refractivity contribution in [3.8, 4) is 23.0 Å². The van der Waals surface area contributed by atoms with Gasteiger partial charge in [0.15, 0.2) is 0 Å². The van der Waals surface area contributed by atoms with E-state index in [0.717, 1.165) is 0 Å². The largest absolute Gasteiger partial charge is 0.496 e. The Kier molecular flexibility index (Phi) is 9.75. The molecule has 0 aliphatic heterocycles. The van der Waals surface area contributed by atoms with Gasteiger partial charge < -0.3 is 34.3 Å². The fourth-order valence-corrected chi connectivity index (χ4v) is 2.96. The molecular weight excluding hydrogens is 444 g/mol. The molecule has 0 saturated carbocycles. The van der Waals surface area contributed by atoms with Gasteiger partial charge in [-0.3, -0.25) is 14.4 Å². The Labute approximate surface area is 197 Å². The lowest BCUT2D eigenvalue weighted by Crippen LogP contribution is -2.18. The predicted molar refractivity (Wildman–Crippen MR) is 127 cm³/mol. The molecule has 10 nitrogen and oxygen atoms in total. The van der Waals surface area contributed by atoms with Crippen LogP contribution in [0.25, 0.3) is 6.08 Å². The van der Waals surface area contributed by atoms with Crippen molar-refractivity contribution in [2.75, 3.05) is 45.7 Å². The molecule has 2 aromatic carbocycles. The Hall–Kier alpha value is -4.21. The van der Waals surface area contributed by atoms with Crippen molar-refractivity contribution in [3.63, 3.8) is 0 Å². The maximum Gasteiger partial charge on any atom is 0.315 e. The summed E-state index contributed by atoms with van der Waals surface area (Å²) in [5.41, 5.74) is 1.25. The number of carbonyl (C=O) groups is 3. The van der Waals surface area contributed by atoms with Crippen molar-refractivity contribution in [1.82, 2.24) is 0 Å². The van der Waals surface area contributed by atoms with E-state index in [1.807, 2.05) is 0 Å². The Balaban J connectivity index is 2.17. The van der Waals surface area contributed by atoms with E-state index in [-0.39, 0.29) is 12.3 Å². The van der Waals surface area contributed by atoms with Crippen molar-refractivity contribution in [3.05, 3.63) is 42.0 Å². The number of carbonyl (C=O) groups excluding carboxylic acids is 3. The Bertz CT molecular complexity index is 1040. The highest BCUT2D eigenvalue weighted by Crippen LogP contribution is 2.35. The summed E-state index contributed by atoms with van der Waals surface area (Å²) >= 11 is 0. The van der Waals surface area contributed by atoms with Gasteiger partial charge in [0.25, 0.3) is 0 Å². The monoisotopic (exact) mass is 472 g/mol. The molecule has 0 radical (unpaired) electrons. The van der Waals surface area contributed by atoms with E-state index in [0.29, 0.717) is 34.2 Å². The van der Waals surface area contributed by atoms with E-state index in [1.54, 1.807) is 37.3 Å². The molecule has 0 spiro atoms. The molecule has 2 rings (SSSR count). The first-order valence-corrected chi connectivity index (χ1v) is 10.3. The van der Waals surface area contributed by atoms with Gasteiger partial charge in [0.05, 0.1) is 46.3 Å². The molecule has 2 N–H and O–H groups in total. The number of benzene rings is 2. The first kappa shape index (κ1) is 26.0. The molecule has 2 aromatic rings. The van der Waals surface area contributed by atoms with Gasteiger partial charge in [0.1, 0.15) is 29.4 Å². The van der Waals surface area contributed by atoms with Crippen molar-refractivity contribution in [2.45, 2.75) is 13.3 Å². The Morgan fingerprint density at radius 3 is 2.06 bits per heavy atom. The van der Waals surface area contributed by atoms with Gasteiger partial charge in [-0.05, 0) is 31.2 Å². The van der Waals surface area contributed by atoms with E-state index in [9.17, 15) is 14.4 Å². The molecule has 0 bridgehead atoms. The zero-order chi connectivity index (χ0) is 25.1. The predicted octanol–water partition coefficient (Wildman–Crippen LogP) is 3.26. The van der Waals surface area contributed by atoms with Gasteiger partial charge in [-0.1, -0.05) is 0 Å². The summed E-state index contributed by atoms with van der Waals surface area (Å²) in [7, 11) is 5.97. The van der Waals surface area contributed by atoms with Crippen LogP contribution in [0.4, 0.5) is 11.4 Å². The molecule has 0 aromatic heterocycles. The molecular formula is C24H28N2O8. The van der Waals surface area contributed by atoms with Gasteiger partial charge in [0.2, 0.25) is 11.8 Å². The smallest absolute Gasteiger partial charge is 0.315 e. The standard InChI is InChI=1S/C24H28N2O8/c1-6-34-24(29)14-23(28)26-18-11-15(7-9-19(18)31-3)25-22(27)10-8-17-20(32-4)12-16(30-2)13-21(17)33-5/h7-13H,6,14H2,1-5H3,(H,25,27)(H,26,28)/b10-8+. The van der Waals surface area contributed by atoms with Crippen LogP contribution in [0.3, 0.4) is 0 Å². The third-order valence-electron chi connectivity index (χ3n) is 4.51. The lowest BCUT2D eigenvalue weighted by Gasteiger charge is -2.13. The van der Waals surface area contributed by atoms with Crippen molar-refractivity contribution >= 4 is 35.2 Å². The first-order valence-electron chi connectivity index (χ1n) is 10.3. The van der Waals surface area contributed by atoms with Crippen LogP contribution in [0.5, 0.6) is 23.0 Å². The van der Waals surface area contributed by atoms with Crippen LogP contribution < -0.4 is 29.6 Å². The zero-order valence-corrected chi connectivity index (χ0v) is 19.7. The van der Waals surface area contributed by atoms with Crippen LogP contribution in [0.2, 0.25) is 0 Å². The summed E-state index contributed by atoms with van der Waals surface area (Å²) in [6.07, 6.45) is 2.43. The van der Waals surface area contributed by atoms with Gasteiger partial charge in [0, 0.05) is 23.9 Å². The second-order valence-corrected chi connectivity index (χ2v) is 6.71. The second kappa shape index (κ2) is 12.7. The summed E-state index contributed by atoms with van der Waals surface area (Å²) in [6.45, 7) is 1.83. The van der Waals surface area contributed by atoms with Crippen molar-refractivity contribution < 1.29 is 38.1 Å². The fourth-order valence-electron chi connectivity index (χ4n) is 2.96. The number of hydrogen-bond donors (Lipinski definition) is 2. The summed E-state index contributed by atoms with van der Waals surface area (Å²) < 4.78 is 26.0.